The first-order valence-corrected chi connectivity index (χ1v) is 8.43. The molecule has 22 heavy (non-hydrogen) atoms. The van der Waals surface area contributed by atoms with E-state index in [0.29, 0.717) is 12.0 Å². The standard InChI is InChI=1S/C21H25N/c1-2-22-20-14-13-17(15-20)16-21(18-9-5-3-6-10-18)19-11-7-4-8-12-19/h3-12,16-17,20,22H,2,13-15H2,1H3/t17-,20+/m1/s1. The lowest BCUT2D eigenvalue weighted by atomic mass is 9.93. The molecule has 1 N–H and O–H groups in total. The molecule has 1 aliphatic carbocycles. The summed E-state index contributed by atoms with van der Waals surface area (Å²) < 4.78 is 0. The van der Waals surface area contributed by atoms with E-state index in [2.05, 4.69) is 79.0 Å². The lowest BCUT2D eigenvalue weighted by Gasteiger charge is -2.13. The van der Waals surface area contributed by atoms with Gasteiger partial charge in [-0.2, -0.15) is 0 Å². The molecule has 1 nitrogen and oxygen atoms in total. The van der Waals surface area contributed by atoms with Crippen molar-refractivity contribution in [2.24, 2.45) is 5.92 Å². The van der Waals surface area contributed by atoms with Gasteiger partial charge in [0, 0.05) is 6.04 Å². The van der Waals surface area contributed by atoms with E-state index in [4.69, 9.17) is 0 Å². The molecule has 0 bridgehead atoms. The highest BCUT2D eigenvalue weighted by atomic mass is 14.9. The van der Waals surface area contributed by atoms with Crippen LogP contribution in [0.25, 0.3) is 5.57 Å². The quantitative estimate of drug-likeness (QED) is 0.826. The lowest BCUT2D eigenvalue weighted by molar-refractivity contribution is 0.530. The van der Waals surface area contributed by atoms with E-state index in [1.165, 1.54) is 36.0 Å². The van der Waals surface area contributed by atoms with E-state index in [-0.39, 0.29) is 0 Å². The minimum atomic E-state index is 0.680. The summed E-state index contributed by atoms with van der Waals surface area (Å²) in [6, 6.07) is 22.2. The van der Waals surface area contributed by atoms with Gasteiger partial charge in [-0.25, -0.2) is 0 Å². The zero-order chi connectivity index (χ0) is 15.2. The molecule has 0 heterocycles. The Kier molecular flexibility index (Phi) is 5.07. The van der Waals surface area contributed by atoms with Crippen molar-refractivity contribution in [1.29, 1.82) is 0 Å². The van der Waals surface area contributed by atoms with Crippen molar-refractivity contribution in [2.75, 3.05) is 6.54 Å². The molecule has 1 saturated carbocycles. The molecular formula is C21H25N. The Labute approximate surface area is 134 Å². The number of benzene rings is 2. The van der Waals surface area contributed by atoms with Crippen LogP contribution in [0.4, 0.5) is 0 Å². The topological polar surface area (TPSA) is 12.0 Å². The molecule has 0 unspecified atom stereocenters. The van der Waals surface area contributed by atoms with Gasteiger partial charge in [0.25, 0.3) is 0 Å². The van der Waals surface area contributed by atoms with E-state index < -0.39 is 0 Å². The van der Waals surface area contributed by atoms with Crippen LogP contribution < -0.4 is 5.32 Å². The van der Waals surface area contributed by atoms with Gasteiger partial charge in [0.15, 0.2) is 0 Å². The van der Waals surface area contributed by atoms with E-state index in [1.807, 2.05) is 0 Å². The van der Waals surface area contributed by atoms with Gasteiger partial charge in [0.05, 0.1) is 0 Å². The highest BCUT2D eigenvalue weighted by Crippen LogP contribution is 2.32. The maximum atomic E-state index is 3.60. The molecule has 0 radical (unpaired) electrons. The molecule has 1 fully saturated rings. The molecule has 0 aromatic heterocycles. The van der Waals surface area contributed by atoms with Crippen molar-refractivity contribution < 1.29 is 0 Å². The third kappa shape index (κ3) is 3.66. The zero-order valence-electron chi connectivity index (χ0n) is 13.3. The summed E-state index contributed by atoms with van der Waals surface area (Å²) in [7, 11) is 0. The van der Waals surface area contributed by atoms with Crippen LogP contribution in [0, 0.1) is 5.92 Å². The zero-order valence-corrected chi connectivity index (χ0v) is 13.3. The summed E-state index contributed by atoms with van der Waals surface area (Å²) in [5.74, 6) is 0.680. The molecule has 0 amide bonds. The summed E-state index contributed by atoms with van der Waals surface area (Å²) in [6.45, 7) is 3.27. The predicted octanol–water partition coefficient (Wildman–Crippen LogP) is 4.90. The van der Waals surface area contributed by atoms with Gasteiger partial charge < -0.3 is 5.32 Å². The van der Waals surface area contributed by atoms with Crippen molar-refractivity contribution in [3.63, 3.8) is 0 Å². The summed E-state index contributed by atoms with van der Waals surface area (Å²) in [6.07, 6.45) is 6.35. The average Bonchev–Trinajstić information content (AvgIpc) is 3.02. The first-order chi connectivity index (χ1) is 10.9. The Bertz CT molecular complexity index is 559. The Morgan fingerprint density at radius 1 is 0.955 bits per heavy atom. The molecule has 1 heteroatoms. The van der Waals surface area contributed by atoms with Crippen LogP contribution in [0.5, 0.6) is 0 Å². The van der Waals surface area contributed by atoms with Gasteiger partial charge in [0.2, 0.25) is 0 Å². The maximum Gasteiger partial charge on any atom is 0.00727 e. The highest BCUT2D eigenvalue weighted by molar-refractivity contribution is 5.79. The molecule has 1 aliphatic rings. The predicted molar refractivity (Wildman–Crippen MR) is 94.8 cm³/mol. The fourth-order valence-electron chi connectivity index (χ4n) is 3.47. The molecular weight excluding hydrogens is 266 g/mol. The van der Waals surface area contributed by atoms with E-state index in [9.17, 15) is 0 Å². The SMILES string of the molecule is CCN[C@H]1CC[C@@H](C=C(c2ccccc2)c2ccccc2)C1. The van der Waals surface area contributed by atoms with Crippen LogP contribution in [0.15, 0.2) is 66.7 Å². The fraction of sp³-hybridized carbons (Fsp3) is 0.333. The first kappa shape index (κ1) is 15.1. The van der Waals surface area contributed by atoms with E-state index in [0.717, 1.165) is 6.54 Å². The highest BCUT2D eigenvalue weighted by Gasteiger charge is 2.23. The van der Waals surface area contributed by atoms with Crippen molar-refractivity contribution in [1.82, 2.24) is 5.32 Å². The smallest absolute Gasteiger partial charge is 0.00727 e. The van der Waals surface area contributed by atoms with Crippen LogP contribution in [-0.4, -0.2) is 12.6 Å². The molecule has 2 atom stereocenters. The molecule has 2 aromatic carbocycles. The second kappa shape index (κ2) is 7.42. The molecule has 114 valence electrons. The van der Waals surface area contributed by atoms with Gasteiger partial charge in [-0.05, 0) is 48.4 Å². The summed E-state index contributed by atoms with van der Waals surface area (Å²) in [4.78, 5) is 0. The number of hydrogen-bond donors (Lipinski definition) is 1. The van der Waals surface area contributed by atoms with Crippen molar-refractivity contribution >= 4 is 5.57 Å². The second-order valence-corrected chi connectivity index (χ2v) is 6.14. The number of nitrogens with one attached hydrogen (secondary N) is 1. The van der Waals surface area contributed by atoms with E-state index >= 15 is 0 Å². The first-order valence-electron chi connectivity index (χ1n) is 8.43. The third-order valence-electron chi connectivity index (χ3n) is 4.54. The van der Waals surface area contributed by atoms with Crippen molar-refractivity contribution in [3.05, 3.63) is 77.9 Å². The molecule has 0 spiro atoms. The van der Waals surface area contributed by atoms with Crippen LogP contribution in [0.2, 0.25) is 0 Å². The van der Waals surface area contributed by atoms with Gasteiger partial charge in [-0.15, -0.1) is 0 Å². The minimum absolute atomic E-state index is 0.680. The second-order valence-electron chi connectivity index (χ2n) is 6.14. The summed E-state index contributed by atoms with van der Waals surface area (Å²) in [5, 5.41) is 3.60. The van der Waals surface area contributed by atoms with Gasteiger partial charge in [-0.1, -0.05) is 73.7 Å². The Hall–Kier alpha value is -1.86. The number of hydrogen-bond acceptors (Lipinski definition) is 1. The molecule has 3 rings (SSSR count). The van der Waals surface area contributed by atoms with Crippen LogP contribution in [-0.2, 0) is 0 Å². The lowest BCUT2D eigenvalue weighted by Crippen LogP contribution is -2.25. The normalized spacial score (nSPS) is 20.8. The average molecular weight is 291 g/mol. The number of allylic oxidation sites excluding steroid dienone is 1. The number of rotatable bonds is 5. The largest absolute Gasteiger partial charge is 0.314 e. The monoisotopic (exact) mass is 291 g/mol. The van der Waals surface area contributed by atoms with Gasteiger partial charge >= 0.3 is 0 Å². The van der Waals surface area contributed by atoms with Crippen molar-refractivity contribution in [2.45, 2.75) is 32.2 Å². The molecule has 0 aliphatic heterocycles. The van der Waals surface area contributed by atoms with Crippen molar-refractivity contribution in [3.8, 4) is 0 Å². The Balaban J connectivity index is 1.88. The fourth-order valence-corrected chi connectivity index (χ4v) is 3.47. The van der Waals surface area contributed by atoms with Gasteiger partial charge in [-0.3, -0.25) is 0 Å². The molecule has 0 saturated heterocycles. The third-order valence-corrected chi connectivity index (χ3v) is 4.54. The van der Waals surface area contributed by atoms with Crippen LogP contribution in [0.3, 0.4) is 0 Å². The van der Waals surface area contributed by atoms with Gasteiger partial charge in [0.1, 0.15) is 0 Å². The summed E-state index contributed by atoms with van der Waals surface area (Å²) >= 11 is 0. The minimum Gasteiger partial charge on any atom is -0.314 e. The molecule has 2 aromatic rings. The summed E-state index contributed by atoms with van der Waals surface area (Å²) in [5.41, 5.74) is 4.02. The Morgan fingerprint density at radius 2 is 1.55 bits per heavy atom. The van der Waals surface area contributed by atoms with Crippen LogP contribution in [0.1, 0.15) is 37.3 Å². The van der Waals surface area contributed by atoms with Crippen LogP contribution >= 0.6 is 0 Å². The van der Waals surface area contributed by atoms with E-state index in [1.54, 1.807) is 0 Å². The Morgan fingerprint density at radius 3 is 2.09 bits per heavy atom. The maximum absolute atomic E-state index is 3.60.